The molecule has 3 aromatic heterocycles. The van der Waals surface area contributed by atoms with Crippen LogP contribution in [-0.4, -0.2) is 0 Å². The standard InChI is InChI=1S/C64H39NO3/c1-2-12-52-48(43-29-36-54-53-13-3-6-18-57(53)68-62(54)39-43)38-37-47(51(52)11-1)40-23-30-44(31-24-40)65(45-32-25-41(26-33-45)49-16-9-21-60-63(49)55-14-4-7-19-58(55)66-60)46-34-27-42(28-35-46)50-17-10-22-61-64(50)56-15-5-8-20-59(56)67-61/h1-39H. The maximum Gasteiger partial charge on any atom is 0.136 e. The second-order valence-electron chi connectivity index (χ2n) is 17.5. The van der Waals surface area contributed by atoms with Gasteiger partial charge in [0.15, 0.2) is 0 Å². The van der Waals surface area contributed by atoms with Gasteiger partial charge in [-0.15, -0.1) is 0 Å². The molecular formula is C64H39NO3. The van der Waals surface area contributed by atoms with Crippen molar-refractivity contribution in [2.24, 2.45) is 0 Å². The summed E-state index contributed by atoms with van der Waals surface area (Å²) in [6.45, 7) is 0. The fourth-order valence-corrected chi connectivity index (χ4v) is 10.5. The molecule has 0 amide bonds. The second kappa shape index (κ2) is 15.2. The zero-order valence-corrected chi connectivity index (χ0v) is 36.7. The first-order valence-electron chi connectivity index (χ1n) is 23.1. The molecule has 318 valence electrons. The van der Waals surface area contributed by atoms with E-state index in [4.69, 9.17) is 13.3 Å². The molecule has 0 radical (unpaired) electrons. The Bertz CT molecular complexity index is 4090. The van der Waals surface area contributed by atoms with Gasteiger partial charge in [0.1, 0.15) is 33.5 Å². The van der Waals surface area contributed by atoms with Gasteiger partial charge in [0.2, 0.25) is 0 Å². The molecule has 14 rings (SSSR count). The van der Waals surface area contributed by atoms with Crippen molar-refractivity contribution < 1.29 is 13.3 Å². The first-order valence-corrected chi connectivity index (χ1v) is 23.1. The van der Waals surface area contributed by atoms with Crippen LogP contribution >= 0.6 is 0 Å². The van der Waals surface area contributed by atoms with Crippen molar-refractivity contribution in [1.29, 1.82) is 0 Å². The number of rotatable bonds is 7. The van der Waals surface area contributed by atoms with Gasteiger partial charge in [0, 0.05) is 49.4 Å². The molecule has 11 aromatic carbocycles. The molecule has 0 aliphatic carbocycles. The number of nitrogens with zero attached hydrogens (tertiary/aromatic N) is 1. The fourth-order valence-electron chi connectivity index (χ4n) is 10.5. The summed E-state index contributed by atoms with van der Waals surface area (Å²) in [5.74, 6) is 0. The Hall–Kier alpha value is -9.12. The van der Waals surface area contributed by atoms with E-state index in [9.17, 15) is 0 Å². The van der Waals surface area contributed by atoms with Gasteiger partial charge in [0.05, 0.1) is 0 Å². The minimum absolute atomic E-state index is 0.889. The third kappa shape index (κ3) is 6.08. The minimum atomic E-state index is 0.889. The molecule has 68 heavy (non-hydrogen) atoms. The predicted octanol–water partition coefficient (Wildman–Crippen LogP) is 18.7. The molecule has 3 heterocycles. The highest BCUT2D eigenvalue weighted by atomic mass is 16.3. The summed E-state index contributed by atoms with van der Waals surface area (Å²) in [4.78, 5) is 2.34. The summed E-state index contributed by atoms with van der Waals surface area (Å²) in [7, 11) is 0. The van der Waals surface area contributed by atoms with Gasteiger partial charge >= 0.3 is 0 Å². The Morgan fingerprint density at radius 3 is 1.07 bits per heavy atom. The Kier molecular flexibility index (Phi) is 8.55. The summed E-state index contributed by atoms with van der Waals surface area (Å²) in [6.07, 6.45) is 0. The van der Waals surface area contributed by atoms with Crippen LogP contribution in [0.4, 0.5) is 17.1 Å². The first-order chi connectivity index (χ1) is 33.7. The highest BCUT2D eigenvalue weighted by Gasteiger charge is 2.19. The van der Waals surface area contributed by atoms with Crippen LogP contribution < -0.4 is 4.90 Å². The molecule has 0 spiro atoms. The molecule has 4 heteroatoms. The third-order valence-corrected chi connectivity index (χ3v) is 13.7. The first kappa shape index (κ1) is 38.2. The summed E-state index contributed by atoms with van der Waals surface area (Å²) in [5, 5.41) is 9.17. The van der Waals surface area contributed by atoms with E-state index < -0.39 is 0 Å². The lowest BCUT2D eigenvalue weighted by Gasteiger charge is -2.26. The minimum Gasteiger partial charge on any atom is -0.456 e. The molecular weight excluding hydrogens is 831 g/mol. The molecule has 14 aromatic rings. The fraction of sp³-hybridized carbons (Fsp3) is 0. The van der Waals surface area contributed by atoms with Gasteiger partial charge in [-0.3, -0.25) is 0 Å². The van der Waals surface area contributed by atoms with Gasteiger partial charge in [-0.1, -0.05) is 158 Å². The van der Waals surface area contributed by atoms with Crippen molar-refractivity contribution in [2.75, 3.05) is 4.90 Å². The highest BCUT2D eigenvalue weighted by molar-refractivity contribution is 6.14. The monoisotopic (exact) mass is 869 g/mol. The number of furan rings is 3. The average Bonchev–Trinajstić information content (AvgIpc) is 4.10. The number of anilines is 3. The van der Waals surface area contributed by atoms with Crippen LogP contribution in [-0.2, 0) is 0 Å². The lowest BCUT2D eigenvalue weighted by molar-refractivity contribution is 0.668. The van der Waals surface area contributed by atoms with Crippen molar-refractivity contribution in [3.8, 4) is 44.5 Å². The molecule has 0 saturated heterocycles. The Balaban J connectivity index is 0.858. The van der Waals surface area contributed by atoms with Crippen LogP contribution in [0.1, 0.15) is 0 Å². The Morgan fingerprint density at radius 2 is 0.574 bits per heavy atom. The lowest BCUT2D eigenvalue weighted by atomic mass is 9.91. The second-order valence-corrected chi connectivity index (χ2v) is 17.5. The Morgan fingerprint density at radius 1 is 0.221 bits per heavy atom. The van der Waals surface area contributed by atoms with E-state index in [0.29, 0.717) is 0 Å². The number of hydrogen-bond donors (Lipinski definition) is 0. The van der Waals surface area contributed by atoms with E-state index in [1.54, 1.807) is 0 Å². The average molecular weight is 870 g/mol. The summed E-state index contributed by atoms with van der Waals surface area (Å²) in [6, 6.07) is 84.1. The Labute approximate surface area is 391 Å². The summed E-state index contributed by atoms with van der Waals surface area (Å²) < 4.78 is 18.9. The SMILES string of the molecule is c1ccc2c(c1)oc1cc(-c3ccc(-c4ccc(N(c5ccc(-c6cccc7oc8ccccc8c67)cc5)c5ccc(-c6cccc7oc8ccccc8c67)cc5)cc4)c4ccccc34)ccc12. The van der Waals surface area contributed by atoms with Gasteiger partial charge in [0.25, 0.3) is 0 Å². The van der Waals surface area contributed by atoms with Crippen LogP contribution in [0, 0.1) is 0 Å². The number of para-hydroxylation sites is 3. The zero-order chi connectivity index (χ0) is 44.7. The van der Waals surface area contributed by atoms with E-state index in [2.05, 4.69) is 205 Å². The summed E-state index contributed by atoms with van der Waals surface area (Å²) >= 11 is 0. The van der Waals surface area contributed by atoms with Crippen LogP contribution in [0.5, 0.6) is 0 Å². The number of hydrogen-bond acceptors (Lipinski definition) is 4. The van der Waals surface area contributed by atoms with Crippen molar-refractivity contribution in [2.45, 2.75) is 0 Å². The normalized spacial score (nSPS) is 11.8. The van der Waals surface area contributed by atoms with Gasteiger partial charge in [-0.05, 0) is 134 Å². The quantitative estimate of drug-likeness (QED) is 0.160. The smallest absolute Gasteiger partial charge is 0.136 e. The van der Waals surface area contributed by atoms with E-state index in [1.807, 2.05) is 36.4 Å². The van der Waals surface area contributed by atoms with Gasteiger partial charge < -0.3 is 18.2 Å². The number of fused-ring (bicyclic) bond motifs is 10. The molecule has 4 nitrogen and oxygen atoms in total. The summed E-state index contributed by atoms with van der Waals surface area (Å²) in [5.41, 5.74) is 17.7. The van der Waals surface area contributed by atoms with E-state index >= 15 is 0 Å². The topological polar surface area (TPSA) is 42.7 Å². The molecule has 0 fully saturated rings. The van der Waals surface area contributed by atoms with Gasteiger partial charge in [-0.2, -0.15) is 0 Å². The molecule has 0 bridgehead atoms. The van der Waals surface area contributed by atoms with Gasteiger partial charge in [-0.25, -0.2) is 0 Å². The van der Waals surface area contributed by atoms with Crippen molar-refractivity contribution in [3.63, 3.8) is 0 Å². The highest BCUT2D eigenvalue weighted by Crippen LogP contribution is 2.44. The van der Waals surface area contributed by atoms with Crippen LogP contribution in [0.25, 0.3) is 121 Å². The molecule has 0 aliphatic heterocycles. The molecule has 0 unspecified atom stereocenters. The maximum absolute atomic E-state index is 6.31. The van der Waals surface area contributed by atoms with Crippen LogP contribution in [0.2, 0.25) is 0 Å². The third-order valence-electron chi connectivity index (χ3n) is 13.7. The largest absolute Gasteiger partial charge is 0.456 e. The zero-order valence-electron chi connectivity index (χ0n) is 36.7. The number of benzene rings is 11. The van der Waals surface area contributed by atoms with Crippen molar-refractivity contribution >= 4 is 93.7 Å². The maximum atomic E-state index is 6.31. The van der Waals surface area contributed by atoms with E-state index in [1.165, 1.54) is 21.9 Å². The predicted molar refractivity (Wildman–Crippen MR) is 282 cm³/mol. The van der Waals surface area contributed by atoms with Crippen LogP contribution in [0.3, 0.4) is 0 Å². The van der Waals surface area contributed by atoms with Crippen molar-refractivity contribution in [1.82, 2.24) is 0 Å². The molecule has 0 saturated carbocycles. The molecule has 0 atom stereocenters. The van der Waals surface area contributed by atoms with E-state index in [-0.39, 0.29) is 0 Å². The van der Waals surface area contributed by atoms with Crippen molar-refractivity contribution in [3.05, 3.63) is 237 Å². The molecule has 0 aliphatic rings. The lowest BCUT2D eigenvalue weighted by Crippen LogP contribution is -2.09. The van der Waals surface area contributed by atoms with Crippen LogP contribution in [0.15, 0.2) is 250 Å². The van der Waals surface area contributed by atoms with E-state index in [0.717, 1.165) is 116 Å². The molecule has 0 N–H and O–H groups in total.